The van der Waals surface area contributed by atoms with Crippen LogP contribution in [0.2, 0.25) is 0 Å². The maximum atomic E-state index is 13.9. The number of anilines is 2. The molecule has 0 aliphatic heterocycles. The molecule has 2 aromatic heterocycles. The van der Waals surface area contributed by atoms with Crippen molar-refractivity contribution in [3.8, 4) is 17.0 Å². The van der Waals surface area contributed by atoms with E-state index in [9.17, 15) is 27.2 Å². The first kappa shape index (κ1) is 24.0. The monoisotopic (exact) mass is 505 g/mol. The van der Waals surface area contributed by atoms with Crippen LogP contribution < -0.4 is 15.8 Å². The molecule has 35 heavy (non-hydrogen) atoms. The predicted molar refractivity (Wildman–Crippen MR) is 122 cm³/mol. The number of carbonyl (C=O) groups is 2. The van der Waals surface area contributed by atoms with Gasteiger partial charge in [0.2, 0.25) is 0 Å². The molecule has 0 radical (unpaired) electrons. The second kappa shape index (κ2) is 9.22. The highest BCUT2D eigenvalue weighted by atomic mass is 32.1. The van der Waals surface area contributed by atoms with E-state index >= 15 is 0 Å². The molecule has 0 aliphatic carbocycles. The van der Waals surface area contributed by atoms with E-state index in [0.717, 1.165) is 18.2 Å². The number of ether oxygens (including phenoxy) is 1. The van der Waals surface area contributed by atoms with E-state index in [1.165, 1.54) is 36.4 Å². The average Bonchev–Trinajstić information content (AvgIpc) is 3.14. The Bertz CT molecular complexity index is 1420. The number of nitrogens with two attached hydrogens (primary N) is 1. The minimum atomic E-state index is -4.79. The molecule has 2 heterocycles. The van der Waals surface area contributed by atoms with Crippen LogP contribution in [0.4, 0.5) is 28.9 Å². The molecule has 0 atom stereocenters. The Balaban J connectivity index is 1.74. The molecule has 4 N–H and O–H groups in total. The molecule has 0 fully saturated rings. The Labute approximate surface area is 198 Å². The van der Waals surface area contributed by atoms with E-state index in [-0.39, 0.29) is 32.5 Å². The van der Waals surface area contributed by atoms with Gasteiger partial charge in [0.1, 0.15) is 21.3 Å². The first-order valence-electron chi connectivity index (χ1n) is 9.85. The van der Waals surface area contributed by atoms with Gasteiger partial charge in [-0.25, -0.2) is 14.2 Å². The fourth-order valence-corrected chi connectivity index (χ4v) is 4.26. The summed E-state index contributed by atoms with van der Waals surface area (Å²) in [4.78, 5) is 27.3. The Hall–Kier alpha value is -4.19. The molecule has 0 bridgehead atoms. The van der Waals surface area contributed by atoms with Crippen molar-refractivity contribution in [3.05, 3.63) is 70.9 Å². The molecule has 0 unspecified atom stereocenters. The third-order valence-electron chi connectivity index (χ3n) is 4.83. The molecule has 0 aliphatic rings. The number of hydrogen-bond donors (Lipinski definition) is 3. The number of carbonyl (C=O) groups excluding carboxylic acids is 1. The zero-order valence-corrected chi connectivity index (χ0v) is 18.3. The van der Waals surface area contributed by atoms with Gasteiger partial charge in [-0.3, -0.25) is 4.79 Å². The van der Waals surface area contributed by atoms with Crippen molar-refractivity contribution in [2.75, 3.05) is 17.7 Å². The normalized spacial score (nSPS) is 11.4. The number of aliphatic carboxylic acids is 1. The molecule has 0 saturated heterocycles. The van der Waals surface area contributed by atoms with Crippen LogP contribution >= 0.6 is 11.3 Å². The van der Waals surface area contributed by atoms with Crippen molar-refractivity contribution in [1.29, 1.82) is 0 Å². The van der Waals surface area contributed by atoms with Gasteiger partial charge in [-0.1, -0.05) is 0 Å². The van der Waals surface area contributed by atoms with Gasteiger partial charge < -0.3 is 20.9 Å². The summed E-state index contributed by atoms with van der Waals surface area (Å²) in [7, 11) is 0. The van der Waals surface area contributed by atoms with E-state index in [1.807, 2.05) is 0 Å². The summed E-state index contributed by atoms with van der Waals surface area (Å²) in [5.41, 5.74) is 5.06. The molecule has 180 valence electrons. The van der Waals surface area contributed by atoms with Gasteiger partial charge >= 0.3 is 12.1 Å². The Morgan fingerprint density at radius 2 is 1.74 bits per heavy atom. The number of thiophene rings is 1. The molecule has 2 aromatic carbocycles. The minimum Gasteiger partial charge on any atom is -0.482 e. The Morgan fingerprint density at radius 1 is 1.09 bits per heavy atom. The highest BCUT2D eigenvalue weighted by Crippen LogP contribution is 2.43. The second-order valence-corrected chi connectivity index (χ2v) is 8.24. The van der Waals surface area contributed by atoms with Gasteiger partial charge in [-0.15, -0.1) is 11.3 Å². The van der Waals surface area contributed by atoms with Crippen molar-refractivity contribution in [2.24, 2.45) is 0 Å². The molecule has 1 amide bonds. The predicted octanol–water partition coefficient (Wildman–Crippen LogP) is 5.42. The summed E-state index contributed by atoms with van der Waals surface area (Å²) in [6.45, 7) is -0.570. The minimum absolute atomic E-state index is 0.0265. The lowest BCUT2D eigenvalue weighted by molar-refractivity contribution is -0.139. The number of carboxylic acids is 1. The average molecular weight is 505 g/mol. The number of amides is 1. The van der Waals surface area contributed by atoms with Gasteiger partial charge in [0, 0.05) is 16.6 Å². The van der Waals surface area contributed by atoms with Crippen LogP contribution in [-0.2, 0) is 11.0 Å². The number of fused-ring (bicyclic) bond motifs is 1. The van der Waals surface area contributed by atoms with E-state index in [0.29, 0.717) is 16.9 Å². The van der Waals surface area contributed by atoms with Crippen molar-refractivity contribution < 1.29 is 37.0 Å². The Kier molecular flexibility index (Phi) is 6.31. The summed E-state index contributed by atoms with van der Waals surface area (Å²) in [6.07, 6.45) is -4.79. The third kappa shape index (κ3) is 5.17. The van der Waals surface area contributed by atoms with Gasteiger partial charge in [-0.2, -0.15) is 13.2 Å². The summed E-state index contributed by atoms with van der Waals surface area (Å²) in [5.74, 6) is -2.23. The Morgan fingerprint density at radius 3 is 2.34 bits per heavy atom. The molecule has 7 nitrogen and oxygen atoms in total. The number of carboxylic acid groups (broad SMARTS) is 1. The van der Waals surface area contributed by atoms with Crippen LogP contribution in [0.1, 0.15) is 15.2 Å². The summed E-state index contributed by atoms with van der Waals surface area (Å²) in [6, 6.07) is 11.4. The number of nitrogen functional groups attached to an aromatic ring is 1. The first-order valence-corrected chi connectivity index (χ1v) is 10.7. The zero-order chi connectivity index (χ0) is 25.3. The molecule has 0 saturated carbocycles. The van der Waals surface area contributed by atoms with Gasteiger partial charge in [-0.05, 0) is 54.6 Å². The number of nitrogens with zero attached hydrogens (tertiary/aromatic N) is 1. The van der Waals surface area contributed by atoms with Crippen molar-refractivity contribution >= 4 is 44.8 Å². The largest absolute Gasteiger partial charge is 0.482 e. The van der Waals surface area contributed by atoms with Crippen LogP contribution in [0.3, 0.4) is 0 Å². The maximum Gasteiger partial charge on any atom is 0.417 e. The van der Waals surface area contributed by atoms with Gasteiger partial charge in [0.25, 0.3) is 5.91 Å². The number of nitrogens with one attached hydrogen (secondary N) is 1. The number of hydrogen-bond acceptors (Lipinski definition) is 6. The number of pyridine rings is 1. The highest BCUT2D eigenvalue weighted by molar-refractivity contribution is 7.21. The van der Waals surface area contributed by atoms with Gasteiger partial charge in [0.05, 0.1) is 16.9 Å². The fourth-order valence-electron chi connectivity index (χ4n) is 3.25. The van der Waals surface area contributed by atoms with Crippen LogP contribution in [-0.4, -0.2) is 28.6 Å². The first-order chi connectivity index (χ1) is 16.5. The fraction of sp³-hybridized carbons (Fsp3) is 0.0870. The lowest BCUT2D eigenvalue weighted by Gasteiger charge is -2.12. The number of benzene rings is 2. The van der Waals surface area contributed by atoms with Crippen molar-refractivity contribution in [1.82, 2.24) is 4.98 Å². The van der Waals surface area contributed by atoms with E-state index in [1.54, 1.807) is 0 Å². The number of rotatable bonds is 6. The third-order valence-corrected chi connectivity index (χ3v) is 5.92. The molecule has 12 heteroatoms. The molecule has 0 spiro atoms. The van der Waals surface area contributed by atoms with E-state index < -0.39 is 41.4 Å². The topological polar surface area (TPSA) is 115 Å². The highest BCUT2D eigenvalue weighted by Gasteiger charge is 2.36. The number of aromatic nitrogens is 1. The summed E-state index contributed by atoms with van der Waals surface area (Å²) >= 11 is 0.696. The van der Waals surface area contributed by atoms with Crippen molar-refractivity contribution in [3.63, 3.8) is 0 Å². The number of halogens is 4. The van der Waals surface area contributed by atoms with Crippen LogP contribution in [0.25, 0.3) is 21.5 Å². The molecule has 4 rings (SSSR count). The zero-order valence-electron chi connectivity index (χ0n) is 17.5. The van der Waals surface area contributed by atoms with Crippen LogP contribution in [0, 0.1) is 5.82 Å². The van der Waals surface area contributed by atoms with E-state index in [2.05, 4.69) is 10.3 Å². The van der Waals surface area contributed by atoms with Gasteiger partial charge in [0.15, 0.2) is 6.61 Å². The van der Waals surface area contributed by atoms with E-state index in [4.69, 9.17) is 15.6 Å². The summed E-state index contributed by atoms with van der Waals surface area (Å²) < 4.78 is 59.9. The smallest absolute Gasteiger partial charge is 0.417 e. The quantitative estimate of drug-likeness (QED) is 0.302. The summed E-state index contributed by atoms with van der Waals surface area (Å²) in [5, 5.41) is 10.8. The standard InChI is InChI=1S/C23H15F4N3O4S/c24-12-3-5-13(6-4-12)29-21(33)20-19(28)18-15(23(25,26)27)9-16(30-22(18)35-20)11-1-7-14(8-2-11)34-10-17(31)32/h1-9H,10,28H2,(H,29,33)(H,31,32). The second-order valence-electron chi connectivity index (χ2n) is 7.25. The molecule has 4 aromatic rings. The van der Waals surface area contributed by atoms with Crippen LogP contribution in [0.5, 0.6) is 5.75 Å². The molecular formula is C23H15F4N3O4S. The number of alkyl halides is 3. The SMILES string of the molecule is Nc1c(C(=O)Nc2ccc(F)cc2)sc2nc(-c3ccc(OCC(=O)O)cc3)cc(C(F)(F)F)c12. The lowest BCUT2D eigenvalue weighted by Crippen LogP contribution is -2.12. The van der Waals surface area contributed by atoms with Crippen molar-refractivity contribution in [2.45, 2.75) is 6.18 Å². The maximum absolute atomic E-state index is 13.9. The van der Waals surface area contributed by atoms with Crippen LogP contribution in [0.15, 0.2) is 54.6 Å². The molecular weight excluding hydrogens is 490 g/mol. The lowest BCUT2D eigenvalue weighted by atomic mass is 10.1.